The molecule has 6 nitrogen and oxygen atoms in total. The zero-order valence-corrected chi connectivity index (χ0v) is 17.4. The number of rotatable bonds is 6. The van der Waals surface area contributed by atoms with E-state index in [9.17, 15) is 14.7 Å². The van der Waals surface area contributed by atoms with Gasteiger partial charge in [-0.1, -0.05) is 33.1 Å². The van der Waals surface area contributed by atoms with Crippen LogP contribution in [0.2, 0.25) is 0 Å². The molecule has 1 heterocycles. The first-order valence-electron chi connectivity index (χ1n) is 10.5. The van der Waals surface area contributed by atoms with Crippen LogP contribution in [0.15, 0.2) is 0 Å². The Balaban J connectivity index is 1.95. The Hall–Kier alpha value is -1.66. The number of Topliss-reactive ketones (excluding diaryl/α,β-unsaturated/α-hetero) is 1. The van der Waals surface area contributed by atoms with Gasteiger partial charge in [-0.15, -0.1) is 0 Å². The van der Waals surface area contributed by atoms with Gasteiger partial charge < -0.3 is 20.1 Å². The highest BCUT2D eigenvalue weighted by atomic mass is 16.3. The quantitative estimate of drug-likeness (QED) is 0.696. The van der Waals surface area contributed by atoms with Crippen molar-refractivity contribution in [2.24, 2.45) is 5.41 Å². The second-order valence-corrected chi connectivity index (χ2v) is 9.31. The topological polar surface area (TPSA) is 91.6 Å². The molecule has 1 unspecified atom stereocenters. The lowest BCUT2D eigenvalue weighted by atomic mass is 9.75. The van der Waals surface area contributed by atoms with Crippen molar-refractivity contribution in [2.75, 3.05) is 13.2 Å². The fourth-order valence-corrected chi connectivity index (χ4v) is 4.93. The third kappa shape index (κ3) is 4.33. The Morgan fingerprint density at radius 1 is 1.25 bits per heavy atom. The predicted molar refractivity (Wildman–Crippen MR) is 108 cm³/mol. The molecule has 0 spiro atoms. The molecule has 3 rings (SSSR count). The highest BCUT2D eigenvalue weighted by molar-refractivity contribution is 6.01. The molecule has 1 fully saturated rings. The first-order valence-corrected chi connectivity index (χ1v) is 10.5. The number of nitrogens with one attached hydrogen (secondary N) is 1. The van der Waals surface area contributed by atoms with Crippen LogP contribution in [0.4, 0.5) is 0 Å². The molecule has 0 radical (unpaired) electrons. The van der Waals surface area contributed by atoms with Crippen LogP contribution in [0.5, 0.6) is 0 Å². The number of aromatic nitrogens is 1. The van der Waals surface area contributed by atoms with E-state index < -0.39 is 6.10 Å². The summed E-state index contributed by atoms with van der Waals surface area (Å²) < 4.78 is 2.37. The molecule has 0 saturated heterocycles. The van der Waals surface area contributed by atoms with Crippen LogP contribution in [0, 0.1) is 12.3 Å². The average Bonchev–Trinajstić information content (AvgIpc) is 2.90. The summed E-state index contributed by atoms with van der Waals surface area (Å²) >= 11 is 0. The van der Waals surface area contributed by atoms with Crippen molar-refractivity contribution >= 4 is 11.7 Å². The predicted octanol–water partition coefficient (Wildman–Crippen LogP) is 2.47. The SMILES string of the molecule is Cc1c(CC(=O)NCC(O)CO)c2c(n1C1CCCCC1)CC(C)(C)CC2=O. The molecule has 156 valence electrons. The molecule has 1 atom stereocenters. The lowest BCUT2D eigenvalue weighted by Crippen LogP contribution is -2.35. The summed E-state index contributed by atoms with van der Waals surface area (Å²) in [6, 6.07) is 0.414. The number of hydrogen-bond donors (Lipinski definition) is 3. The zero-order chi connectivity index (χ0) is 20.5. The van der Waals surface area contributed by atoms with Gasteiger partial charge in [-0.05, 0) is 37.2 Å². The molecular weight excluding hydrogens is 356 g/mol. The van der Waals surface area contributed by atoms with Crippen molar-refractivity contribution in [3.05, 3.63) is 22.5 Å². The van der Waals surface area contributed by atoms with E-state index in [2.05, 4.69) is 23.7 Å². The standard InChI is InChI=1S/C22H34N2O4/c1-14-17(9-20(28)23-12-16(26)13-25)21-18(10-22(2,3)11-19(21)27)24(14)15-7-5-4-6-8-15/h15-16,25-26H,4-13H2,1-3H3,(H,23,28). The maximum Gasteiger partial charge on any atom is 0.224 e. The van der Waals surface area contributed by atoms with E-state index >= 15 is 0 Å². The van der Waals surface area contributed by atoms with Crippen molar-refractivity contribution in [1.29, 1.82) is 0 Å². The monoisotopic (exact) mass is 390 g/mol. The number of carbonyl (C=O) groups excluding carboxylic acids is 2. The smallest absolute Gasteiger partial charge is 0.224 e. The molecule has 28 heavy (non-hydrogen) atoms. The summed E-state index contributed by atoms with van der Waals surface area (Å²) in [6.07, 6.45) is 6.49. The minimum absolute atomic E-state index is 0.0148. The van der Waals surface area contributed by atoms with Crippen LogP contribution in [0.1, 0.15) is 85.7 Å². The van der Waals surface area contributed by atoms with E-state index in [0.717, 1.165) is 41.8 Å². The van der Waals surface area contributed by atoms with E-state index in [1.807, 2.05) is 6.92 Å². The Morgan fingerprint density at radius 3 is 2.57 bits per heavy atom. The Morgan fingerprint density at radius 2 is 1.93 bits per heavy atom. The van der Waals surface area contributed by atoms with E-state index in [-0.39, 0.29) is 36.7 Å². The summed E-state index contributed by atoms with van der Waals surface area (Å²) in [6.45, 7) is 5.95. The molecule has 1 saturated carbocycles. The van der Waals surface area contributed by atoms with Crippen LogP contribution in [0.3, 0.4) is 0 Å². The van der Waals surface area contributed by atoms with Gasteiger partial charge in [-0.25, -0.2) is 0 Å². The lowest BCUT2D eigenvalue weighted by Gasteiger charge is -2.33. The van der Waals surface area contributed by atoms with Crippen LogP contribution in [-0.2, 0) is 17.6 Å². The van der Waals surface area contributed by atoms with Gasteiger partial charge in [0.1, 0.15) is 0 Å². The number of nitrogens with zero attached hydrogens (tertiary/aromatic N) is 1. The van der Waals surface area contributed by atoms with Gasteiger partial charge in [0.05, 0.1) is 19.1 Å². The Kier molecular flexibility index (Phi) is 6.30. The summed E-state index contributed by atoms with van der Waals surface area (Å²) in [4.78, 5) is 25.5. The highest BCUT2D eigenvalue weighted by Crippen LogP contribution is 2.42. The molecule has 2 aliphatic rings. The molecule has 6 heteroatoms. The van der Waals surface area contributed by atoms with Gasteiger partial charge in [0.2, 0.25) is 5.91 Å². The van der Waals surface area contributed by atoms with Crippen LogP contribution in [-0.4, -0.2) is 45.7 Å². The molecule has 1 aromatic heterocycles. The first-order chi connectivity index (χ1) is 13.2. The van der Waals surface area contributed by atoms with Crippen molar-refractivity contribution in [1.82, 2.24) is 9.88 Å². The third-order valence-electron chi connectivity index (χ3n) is 6.27. The minimum Gasteiger partial charge on any atom is -0.394 e. The maximum atomic E-state index is 13.0. The summed E-state index contributed by atoms with van der Waals surface area (Å²) in [5.41, 5.74) is 3.70. The van der Waals surface area contributed by atoms with Crippen LogP contribution < -0.4 is 5.32 Å². The lowest BCUT2D eigenvalue weighted by molar-refractivity contribution is -0.121. The maximum absolute atomic E-state index is 13.0. The van der Waals surface area contributed by atoms with Gasteiger partial charge >= 0.3 is 0 Å². The van der Waals surface area contributed by atoms with Gasteiger partial charge in [-0.2, -0.15) is 0 Å². The molecular formula is C22H34N2O4. The Bertz CT molecular complexity index is 744. The number of fused-ring (bicyclic) bond motifs is 1. The second kappa shape index (κ2) is 8.37. The van der Waals surface area contributed by atoms with E-state index in [4.69, 9.17) is 5.11 Å². The largest absolute Gasteiger partial charge is 0.394 e. The van der Waals surface area contributed by atoms with Gasteiger partial charge in [0.25, 0.3) is 0 Å². The number of ketones is 1. The van der Waals surface area contributed by atoms with Crippen molar-refractivity contribution in [2.45, 2.75) is 84.3 Å². The summed E-state index contributed by atoms with van der Waals surface area (Å²) in [5, 5.41) is 21.1. The molecule has 3 N–H and O–H groups in total. The highest BCUT2D eigenvalue weighted by Gasteiger charge is 2.38. The second-order valence-electron chi connectivity index (χ2n) is 9.31. The molecule has 0 aromatic carbocycles. The average molecular weight is 391 g/mol. The fraction of sp³-hybridized carbons (Fsp3) is 0.727. The minimum atomic E-state index is -0.965. The first kappa shape index (κ1) is 21.1. The summed E-state index contributed by atoms with van der Waals surface area (Å²) in [5.74, 6) is -0.0843. The number of amides is 1. The third-order valence-corrected chi connectivity index (χ3v) is 6.27. The number of hydrogen-bond acceptors (Lipinski definition) is 4. The Labute approximate surface area is 167 Å². The van der Waals surface area contributed by atoms with E-state index in [1.165, 1.54) is 19.3 Å². The molecule has 1 aromatic rings. The fourth-order valence-electron chi connectivity index (χ4n) is 4.93. The molecule has 0 bridgehead atoms. The molecule has 1 amide bonds. The van der Waals surface area contributed by atoms with Gasteiger partial charge in [0.15, 0.2) is 5.78 Å². The van der Waals surface area contributed by atoms with Crippen molar-refractivity contribution in [3.63, 3.8) is 0 Å². The van der Waals surface area contributed by atoms with E-state index in [0.29, 0.717) is 12.5 Å². The van der Waals surface area contributed by atoms with E-state index in [1.54, 1.807) is 0 Å². The van der Waals surface area contributed by atoms with Crippen molar-refractivity contribution in [3.8, 4) is 0 Å². The molecule has 0 aliphatic heterocycles. The van der Waals surface area contributed by atoms with Crippen LogP contribution in [0.25, 0.3) is 0 Å². The number of aliphatic hydroxyl groups is 2. The van der Waals surface area contributed by atoms with Gasteiger partial charge in [0, 0.05) is 36.0 Å². The van der Waals surface area contributed by atoms with Gasteiger partial charge in [-0.3, -0.25) is 9.59 Å². The number of carbonyl (C=O) groups is 2. The normalized spacial score (nSPS) is 20.7. The molecule has 2 aliphatic carbocycles. The van der Waals surface area contributed by atoms with Crippen molar-refractivity contribution < 1.29 is 19.8 Å². The summed E-state index contributed by atoms with van der Waals surface area (Å²) in [7, 11) is 0. The zero-order valence-electron chi connectivity index (χ0n) is 17.4. The number of aliphatic hydroxyl groups excluding tert-OH is 2. The van der Waals surface area contributed by atoms with Crippen LogP contribution >= 0.6 is 0 Å².